The molecule has 0 aliphatic carbocycles. The molecule has 3 nitrogen and oxygen atoms in total. The van der Waals surface area contributed by atoms with E-state index in [1.807, 2.05) is 6.20 Å². The average molecular weight is 235 g/mol. The minimum absolute atomic E-state index is 0.670. The van der Waals surface area contributed by atoms with E-state index in [0.717, 1.165) is 18.9 Å². The maximum atomic E-state index is 4.39. The van der Waals surface area contributed by atoms with Gasteiger partial charge in [-0.25, -0.2) is 4.98 Å². The molecular formula is C14H25N3. The summed E-state index contributed by atoms with van der Waals surface area (Å²) in [6.07, 6.45) is 4.38. The summed E-state index contributed by atoms with van der Waals surface area (Å²) in [6.45, 7) is 8.47. The summed E-state index contributed by atoms with van der Waals surface area (Å²) in [6, 6.07) is 4.88. The first kappa shape index (κ1) is 14.0. The van der Waals surface area contributed by atoms with Crippen LogP contribution < -0.4 is 5.32 Å². The normalized spacial score (nSPS) is 11.2. The van der Waals surface area contributed by atoms with E-state index in [9.17, 15) is 0 Å². The number of hydrogen-bond donors (Lipinski definition) is 1. The minimum Gasteiger partial charge on any atom is -0.370 e. The second-order valence-electron chi connectivity index (χ2n) is 4.47. The molecule has 0 aliphatic heterocycles. The highest BCUT2D eigenvalue weighted by Crippen LogP contribution is 2.12. The molecule has 0 aliphatic rings. The SMILES string of the molecule is CCNc1ccc(CN(C)C(CC)CC)cn1. The van der Waals surface area contributed by atoms with Crippen LogP contribution in [0.15, 0.2) is 18.3 Å². The van der Waals surface area contributed by atoms with E-state index in [-0.39, 0.29) is 0 Å². The molecule has 1 rings (SSSR count). The molecule has 96 valence electrons. The van der Waals surface area contributed by atoms with Gasteiger partial charge in [0.2, 0.25) is 0 Å². The molecule has 3 heteroatoms. The standard InChI is InChI=1S/C14H25N3/c1-5-13(6-2)17(4)11-12-8-9-14(15-7-3)16-10-12/h8-10,13H,5-7,11H2,1-4H3,(H,15,16). The molecule has 0 saturated carbocycles. The van der Waals surface area contributed by atoms with E-state index in [4.69, 9.17) is 0 Å². The van der Waals surface area contributed by atoms with Crippen molar-refractivity contribution in [2.75, 3.05) is 18.9 Å². The van der Waals surface area contributed by atoms with Gasteiger partial charge in [-0.15, -0.1) is 0 Å². The number of rotatable bonds is 7. The van der Waals surface area contributed by atoms with Gasteiger partial charge >= 0.3 is 0 Å². The Morgan fingerprint density at radius 2 is 1.94 bits per heavy atom. The van der Waals surface area contributed by atoms with E-state index < -0.39 is 0 Å². The van der Waals surface area contributed by atoms with Crippen molar-refractivity contribution in [3.05, 3.63) is 23.9 Å². The predicted molar refractivity (Wildman–Crippen MR) is 74.2 cm³/mol. The number of nitrogens with one attached hydrogen (secondary N) is 1. The number of anilines is 1. The fourth-order valence-electron chi connectivity index (χ4n) is 2.13. The highest BCUT2D eigenvalue weighted by atomic mass is 15.1. The average Bonchev–Trinajstić information content (AvgIpc) is 2.33. The molecule has 0 atom stereocenters. The van der Waals surface area contributed by atoms with Crippen LogP contribution in [0.5, 0.6) is 0 Å². The van der Waals surface area contributed by atoms with Gasteiger partial charge in [0.1, 0.15) is 5.82 Å². The summed E-state index contributed by atoms with van der Waals surface area (Å²) in [5.74, 6) is 0.960. The topological polar surface area (TPSA) is 28.2 Å². The fraction of sp³-hybridized carbons (Fsp3) is 0.643. The van der Waals surface area contributed by atoms with Gasteiger partial charge in [0.15, 0.2) is 0 Å². The first-order valence-corrected chi connectivity index (χ1v) is 6.60. The molecular weight excluding hydrogens is 210 g/mol. The molecule has 1 heterocycles. The lowest BCUT2D eigenvalue weighted by atomic mass is 10.1. The highest BCUT2D eigenvalue weighted by Gasteiger charge is 2.10. The van der Waals surface area contributed by atoms with E-state index in [1.165, 1.54) is 18.4 Å². The van der Waals surface area contributed by atoms with E-state index in [1.54, 1.807) is 0 Å². The van der Waals surface area contributed by atoms with Crippen molar-refractivity contribution in [2.45, 2.75) is 46.2 Å². The Morgan fingerprint density at radius 1 is 1.24 bits per heavy atom. The smallest absolute Gasteiger partial charge is 0.125 e. The molecule has 1 aromatic rings. The zero-order valence-electron chi connectivity index (χ0n) is 11.5. The van der Waals surface area contributed by atoms with Gasteiger partial charge in [-0.1, -0.05) is 19.9 Å². The van der Waals surface area contributed by atoms with Crippen LogP contribution in [0.1, 0.15) is 39.2 Å². The summed E-state index contributed by atoms with van der Waals surface area (Å²) >= 11 is 0. The second kappa shape index (κ2) is 7.28. The van der Waals surface area contributed by atoms with Crippen LogP contribution in [0.2, 0.25) is 0 Å². The van der Waals surface area contributed by atoms with Crippen LogP contribution in [0.3, 0.4) is 0 Å². The summed E-state index contributed by atoms with van der Waals surface area (Å²) in [7, 11) is 2.19. The predicted octanol–water partition coefficient (Wildman–Crippen LogP) is 3.13. The molecule has 17 heavy (non-hydrogen) atoms. The van der Waals surface area contributed by atoms with Gasteiger partial charge in [-0.2, -0.15) is 0 Å². The molecule has 0 spiro atoms. The molecule has 0 unspecified atom stereocenters. The Morgan fingerprint density at radius 3 is 2.41 bits per heavy atom. The van der Waals surface area contributed by atoms with Gasteiger partial charge in [0.05, 0.1) is 0 Å². The van der Waals surface area contributed by atoms with Crippen LogP contribution in [0.4, 0.5) is 5.82 Å². The number of aromatic nitrogens is 1. The molecule has 0 radical (unpaired) electrons. The summed E-state index contributed by atoms with van der Waals surface area (Å²) in [4.78, 5) is 6.80. The lowest BCUT2D eigenvalue weighted by Gasteiger charge is -2.25. The Hall–Kier alpha value is -1.09. The van der Waals surface area contributed by atoms with Crippen LogP contribution >= 0.6 is 0 Å². The highest BCUT2D eigenvalue weighted by molar-refractivity contribution is 5.35. The van der Waals surface area contributed by atoms with Crippen molar-refractivity contribution in [3.8, 4) is 0 Å². The summed E-state index contributed by atoms with van der Waals surface area (Å²) < 4.78 is 0. The Bertz CT molecular complexity index is 304. The monoisotopic (exact) mass is 235 g/mol. The summed E-state index contributed by atoms with van der Waals surface area (Å²) in [5, 5.41) is 3.21. The number of nitrogens with zero attached hydrogens (tertiary/aromatic N) is 2. The molecule has 1 N–H and O–H groups in total. The van der Waals surface area contributed by atoms with Crippen molar-refractivity contribution in [2.24, 2.45) is 0 Å². The van der Waals surface area contributed by atoms with Gasteiger partial charge < -0.3 is 5.32 Å². The molecule has 0 saturated heterocycles. The van der Waals surface area contributed by atoms with Crippen LogP contribution in [0.25, 0.3) is 0 Å². The quantitative estimate of drug-likeness (QED) is 0.787. The Labute approximate surface area is 105 Å². The Kier molecular flexibility index (Phi) is 5.98. The third-order valence-corrected chi connectivity index (χ3v) is 3.18. The van der Waals surface area contributed by atoms with Crippen molar-refractivity contribution in [3.63, 3.8) is 0 Å². The largest absolute Gasteiger partial charge is 0.370 e. The Balaban J connectivity index is 2.56. The van der Waals surface area contributed by atoms with Crippen LogP contribution in [-0.2, 0) is 6.54 Å². The van der Waals surface area contributed by atoms with Crippen molar-refractivity contribution < 1.29 is 0 Å². The zero-order valence-corrected chi connectivity index (χ0v) is 11.5. The number of hydrogen-bond acceptors (Lipinski definition) is 3. The lowest BCUT2D eigenvalue weighted by molar-refractivity contribution is 0.221. The van der Waals surface area contributed by atoms with Gasteiger partial charge in [0, 0.05) is 25.3 Å². The van der Waals surface area contributed by atoms with Crippen molar-refractivity contribution >= 4 is 5.82 Å². The summed E-state index contributed by atoms with van der Waals surface area (Å²) in [5.41, 5.74) is 1.28. The second-order valence-corrected chi connectivity index (χ2v) is 4.47. The van der Waals surface area contributed by atoms with Gasteiger partial charge in [0.25, 0.3) is 0 Å². The van der Waals surface area contributed by atoms with Gasteiger partial charge in [-0.05, 0) is 38.4 Å². The van der Waals surface area contributed by atoms with Crippen molar-refractivity contribution in [1.82, 2.24) is 9.88 Å². The van der Waals surface area contributed by atoms with Crippen LogP contribution in [-0.4, -0.2) is 29.5 Å². The maximum Gasteiger partial charge on any atom is 0.125 e. The van der Waals surface area contributed by atoms with Gasteiger partial charge in [-0.3, -0.25) is 4.90 Å². The van der Waals surface area contributed by atoms with E-state index in [0.29, 0.717) is 6.04 Å². The maximum absolute atomic E-state index is 4.39. The first-order valence-electron chi connectivity index (χ1n) is 6.60. The van der Waals surface area contributed by atoms with Crippen molar-refractivity contribution in [1.29, 1.82) is 0 Å². The molecule has 0 bridgehead atoms. The third-order valence-electron chi connectivity index (χ3n) is 3.18. The minimum atomic E-state index is 0.670. The van der Waals surface area contributed by atoms with Crippen LogP contribution in [0, 0.1) is 0 Å². The van der Waals surface area contributed by atoms with E-state index >= 15 is 0 Å². The third kappa shape index (κ3) is 4.35. The fourth-order valence-corrected chi connectivity index (χ4v) is 2.13. The molecule has 0 fully saturated rings. The zero-order chi connectivity index (χ0) is 12.7. The van der Waals surface area contributed by atoms with E-state index in [2.05, 4.69) is 55.2 Å². The lowest BCUT2D eigenvalue weighted by Crippen LogP contribution is -2.30. The molecule has 0 aromatic carbocycles. The molecule has 0 amide bonds. The number of pyridine rings is 1. The first-order chi connectivity index (χ1) is 8.21. The molecule has 1 aromatic heterocycles.